The van der Waals surface area contributed by atoms with Crippen molar-refractivity contribution in [3.63, 3.8) is 0 Å². The largest absolute Gasteiger partial charge is 0.481 e. The van der Waals surface area contributed by atoms with Crippen LogP contribution in [0.1, 0.15) is 52.4 Å². The predicted octanol–water partition coefficient (Wildman–Crippen LogP) is 2.74. The molecule has 2 rings (SSSR count). The van der Waals surface area contributed by atoms with Crippen LogP contribution in [-0.2, 0) is 4.79 Å². The van der Waals surface area contributed by atoms with Crippen molar-refractivity contribution in [2.75, 3.05) is 0 Å². The number of hydrogen-bond donors (Lipinski definition) is 2. The monoisotopic (exact) mass is 226 g/mol. The van der Waals surface area contributed by atoms with Gasteiger partial charge in [0, 0.05) is 12.3 Å². The smallest absolute Gasteiger partial charge is 0.300 e. The van der Waals surface area contributed by atoms with E-state index in [1.807, 2.05) is 0 Å². The predicted molar refractivity (Wildman–Crippen MR) is 63.2 cm³/mol. The number of rotatable bonds is 0. The van der Waals surface area contributed by atoms with Crippen molar-refractivity contribution >= 4 is 5.97 Å². The van der Waals surface area contributed by atoms with Crippen molar-refractivity contribution in [3.05, 3.63) is 11.6 Å². The number of hydrogen-bond acceptors (Lipinski definition) is 2. The number of aliphatic hydroxyl groups excluding tert-OH is 1. The molecule has 1 saturated carbocycles. The first-order chi connectivity index (χ1) is 7.47. The summed E-state index contributed by atoms with van der Waals surface area (Å²) in [7, 11) is 0. The number of aliphatic carboxylic acids is 1. The van der Waals surface area contributed by atoms with Crippen molar-refractivity contribution in [2.45, 2.75) is 58.5 Å². The van der Waals surface area contributed by atoms with Crippen LogP contribution in [0, 0.1) is 5.41 Å². The third-order valence-corrected chi connectivity index (χ3v) is 3.68. The van der Waals surface area contributed by atoms with Crippen molar-refractivity contribution in [3.8, 4) is 0 Å². The van der Waals surface area contributed by atoms with E-state index in [0.29, 0.717) is 0 Å². The lowest BCUT2D eigenvalue weighted by Gasteiger charge is -2.43. The molecule has 2 aliphatic carbocycles. The summed E-state index contributed by atoms with van der Waals surface area (Å²) in [5, 5.41) is 17.3. The van der Waals surface area contributed by atoms with E-state index < -0.39 is 5.97 Å². The molecule has 2 atom stereocenters. The lowest BCUT2D eigenvalue weighted by Crippen LogP contribution is -2.38. The van der Waals surface area contributed by atoms with Gasteiger partial charge in [0.05, 0.1) is 6.10 Å². The molecule has 0 radical (unpaired) electrons. The van der Waals surface area contributed by atoms with Crippen LogP contribution in [-0.4, -0.2) is 22.3 Å². The summed E-state index contributed by atoms with van der Waals surface area (Å²) in [6, 6.07) is 0. The normalized spacial score (nSPS) is 32.9. The first-order valence-corrected chi connectivity index (χ1v) is 6.04. The molecule has 3 heteroatoms. The van der Waals surface area contributed by atoms with Gasteiger partial charge in [0.25, 0.3) is 5.97 Å². The van der Waals surface area contributed by atoms with E-state index in [1.165, 1.54) is 37.7 Å². The Morgan fingerprint density at radius 2 is 2.12 bits per heavy atom. The van der Waals surface area contributed by atoms with Crippen LogP contribution in [0.2, 0.25) is 0 Å². The fourth-order valence-corrected chi connectivity index (χ4v) is 2.71. The molecule has 0 bridgehead atoms. The molecule has 2 N–H and O–H groups in total. The Bertz CT molecular complexity index is 279. The third kappa shape index (κ3) is 3.08. The number of allylic oxidation sites excluding steroid dienone is 1. The number of aliphatic hydroxyl groups is 1. The molecule has 16 heavy (non-hydrogen) atoms. The van der Waals surface area contributed by atoms with Gasteiger partial charge in [0.1, 0.15) is 0 Å². The molecule has 0 aromatic heterocycles. The summed E-state index contributed by atoms with van der Waals surface area (Å²) in [4.78, 5) is 9.00. The van der Waals surface area contributed by atoms with Crippen LogP contribution in [0.25, 0.3) is 0 Å². The van der Waals surface area contributed by atoms with Crippen molar-refractivity contribution in [1.29, 1.82) is 0 Å². The number of carbonyl (C=O) groups is 1. The SMILES string of the molecule is CC(=O)O.C[C@@]12CCCC=C1CCC[C@H]2O. The highest BCUT2D eigenvalue weighted by Crippen LogP contribution is 2.46. The molecule has 0 aromatic rings. The second kappa shape index (κ2) is 5.48. The minimum Gasteiger partial charge on any atom is -0.481 e. The fraction of sp³-hybridized carbons (Fsp3) is 0.769. The van der Waals surface area contributed by atoms with E-state index in [0.717, 1.165) is 13.3 Å². The highest BCUT2D eigenvalue weighted by molar-refractivity contribution is 5.62. The van der Waals surface area contributed by atoms with Crippen molar-refractivity contribution in [2.24, 2.45) is 5.41 Å². The highest BCUT2D eigenvalue weighted by Gasteiger charge is 2.39. The number of carboxylic acid groups (broad SMARTS) is 1. The summed E-state index contributed by atoms with van der Waals surface area (Å²) >= 11 is 0. The second-order valence-corrected chi connectivity index (χ2v) is 4.97. The lowest BCUT2D eigenvalue weighted by molar-refractivity contribution is -0.134. The van der Waals surface area contributed by atoms with Crippen molar-refractivity contribution < 1.29 is 15.0 Å². The third-order valence-electron chi connectivity index (χ3n) is 3.68. The molecule has 3 nitrogen and oxygen atoms in total. The van der Waals surface area contributed by atoms with Crippen LogP contribution < -0.4 is 0 Å². The van der Waals surface area contributed by atoms with Crippen LogP contribution in [0.4, 0.5) is 0 Å². The van der Waals surface area contributed by atoms with E-state index >= 15 is 0 Å². The summed E-state index contributed by atoms with van der Waals surface area (Å²) in [5.74, 6) is -0.833. The van der Waals surface area contributed by atoms with E-state index in [2.05, 4.69) is 13.0 Å². The average Bonchev–Trinajstić information content (AvgIpc) is 2.19. The molecule has 92 valence electrons. The second-order valence-electron chi connectivity index (χ2n) is 4.97. The Morgan fingerprint density at radius 1 is 1.50 bits per heavy atom. The molecule has 1 fully saturated rings. The molecule has 0 saturated heterocycles. The minimum absolute atomic E-state index is 0.0715. The van der Waals surface area contributed by atoms with Gasteiger partial charge in [-0.3, -0.25) is 4.79 Å². The van der Waals surface area contributed by atoms with Gasteiger partial charge in [0.2, 0.25) is 0 Å². The molecular weight excluding hydrogens is 204 g/mol. The standard InChI is InChI=1S/C11H18O.C2H4O2/c1-11-8-3-2-5-9(11)6-4-7-10(11)12;1-2(3)4/h5,10,12H,2-4,6-8H2,1H3;1H3,(H,3,4)/t10-,11-;/m1./s1. The van der Waals surface area contributed by atoms with Crippen LogP contribution >= 0.6 is 0 Å². The van der Waals surface area contributed by atoms with Gasteiger partial charge < -0.3 is 10.2 Å². The van der Waals surface area contributed by atoms with Gasteiger partial charge in [-0.25, -0.2) is 0 Å². The van der Waals surface area contributed by atoms with E-state index in [1.54, 1.807) is 0 Å². The molecule has 2 aliphatic rings. The summed E-state index contributed by atoms with van der Waals surface area (Å²) in [6.07, 6.45) is 9.41. The maximum absolute atomic E-state index is 9.92. The lowest BCUT2D eigenvalue weighted by atomic mass is 9.64. The topological polar surface area (TPSA) is 57.5 Å². The maximum Gasteiger partial charge on any atom is 0.300 e. The molecule has 0 heterocycles. The van der Waals surface area contributed by atoms with E-state index in [-0.39, 0.29) is 11.5 Å². The van der Waals surface area contributed by atoms with Gasteiger partial charge >= 0.3 is 0 Å². The minimum atomic E-state index is -0.833. The van der Waals surface area contributed by atoms with Gasteiger partial charge in [0.15, 0.2) is 0 Å². The number of fused-ring (bicyclic) bond motifs is 1. The Morgan fingerprint density at radius 3 is 2.69 bits per heavy atom. The summed E-state index contributed by atoms with van der Waals surface area (Å²) < 4.78 is 0. The van der Waals surface area contributed by atoms with Crippen LogP contribution in [0.5, 0.6) is 0 Å². The zero-order valence-corrected chi connectivity index (χ0v) is 10.2. The Labute approximate surface area is 97.2 Å². The fourth-order valence-electron chi connectivity index (χ4n) is 2.71. The Hall–Kier alpha value is -0.830. The zero-order chi connectivity index (χ0) is 12.2. The first-order valence-electron chi connectivity index (χ1n) is 6.04. The van der Waals surface area contributed by atoms with Crippen LogP contribution in [0.3, 0.4) is 0 Å². The summed E-state index contributed by atoms with van der Waals surface area (Å²) in [6.45, 7) is 3.32. The number of carboxylic acids is 1. The molecular formula is C13H22O3. The van der Waals surface area contributed by atoms with Gasteiger partial charge in [-0.2, -0.15) is 0 Å². The average molecular weight is 226 g/mol. The zero-order valence-electron chi connectivity index (χ0n) is 10.2. The molecule has 0 amide bonds. The molecule has 0 aliphatic heterocycles. The van der Waals surface area contributed by atoms with E-state index in [4.69, 9.17) is 9.90 Å². The Balaban J connectivity index is 0.000000280. The quantitative estimate of drug-likeness (QED) is 0.624. The molecule has 0 spiro atoms. The first kappa shape index (κ1) is 13.2. The van der Waals surface area contributed by atoms with Gasteiger partial charge in [-0.05, 0) is 38.5 Å². The molecule has 0 aromatic carbocycles. The highest BCUT2D eigenvalue weighted by atomic mass is 16.4. The van der Waals surface area contributed by atoms with Gasteiger partial charge in [-0.1, -0.05) is 18.6 Å². The maximum atomic E-state index is 9.92. The van der Waals surface area contributed by atoms with Gasteiger partial charge in [-0.15, -0.1) is 0 Å². The molecule has 0 unspecified atom stereocenters. The van der Waals surface area contributed by atoms with Crippen molar-refractivity contribution in [1.82, 2.24) is 0 Å². The van der Waals surface area contributed by atoms with Crippen LogP contribution in [0.15, 0.2) is 11.6 Å². The van der Waals surface area contributed by atoms with E-state index in [9.17, 15) is 5.11 Å². The summed E-state index contributed by atoms with van der Waals surface area (Å²) in [5.41, 5.74) is 1.68. The Kier molecular flexibility index (Phi) is 4.54.